The van der Waals surface area contributed by atoms with Gasteiger partial charge < -0.3 is 9.84 Å². The van der Waals surface area contributed by atoms with Gasteiger partial charge in [0.05, 0.1) is 12.3 Å². The standard InChI is InChI=1S/C10H15N7OS/c1-11-4-5-17-10(13-15-16-17)19-6-8-12-9(18-14-8)7-2-3-7/h7,11H,2-6H2,1H3. The van der Waals surface area contributed by atoms with Crippen LogP contribution in [0.1, 0.15) is 30.5 Å². The van der Waals surface area contributed by atoms with E-state index in [0.717, 1.165) is 37.0 Å². The van der Waals surface area contributed by atoms with Gasteiger partial charge in [-0.3, -0.25) is 0 Å². The summed E-state index contributed by atoms with van der Waals surface area (Å²) in [5.74, 6) is 2.59. The summed E-state index contributed by atoms with van der Waals surface area (Å²) in [5.41, 5.74) is 0. The second kappa shape index (κ2) is 5.66. The molecule has 1 N–H and O–H groups in total. The predicted molar refractivity (Wildman–Crippen MR) is 67.6 cm³/mol. The third kappa shape index (κ3) is 3.10. The van der Waals surface area contributed by atoms with Crippen LogP contribution in [-0.4, -0.2) is 43.9 Å². The fourth-order valence-electron chi connectivity index (χ4n) is 1.61. The van der Waals surface area contributed by atoms with Crippen molar-refractivity contribution in [1.29, 1.82) is 0 Å². The quantitative estimate of drug-likeness (QED) is 0.731. The summed E-state index contributed by atoms with van der Waals surface area (Å²) in [7, 11) is 1.90. The number of thioether (sulfide) groups is 1. The van der Waals surface area contributed by atoms with E-state index in [1.165, 1.54) is 11.8 Å². The van der Waals surface area contributed by atoms with Gasteiger partial charge in [-0.05, 0) is 30.3 Å². The van der Waals surface area contributed by atoms with Gasteiger partial charge in [-0.25, -0.2) is 4.68 Å². The van der Waals surface area contributed by atoms with E-state index in [4.69, 9.17) is 4.52 Å². The van der Waals surface area contributed by atoms with Crippen molar-refractivity contribution >= 4 is 11.8 Å². The van der Waals surface area contributed by atoms with Gasteiger partial charge in [0.2, 0.25) is 11.0 Å². The molecule has 9 heteroatoms. The monoisotopic (exact) mass is 281 g/mol. The number of aromatic nitrogens is 6. The molecule has 102 valence electrons. The molecule has 0 aliphatic heterocycles. The maximum atomic E-state index is 5.21. The molecule has 2 heterocycles. The van der Waals surface area contributed by atoms with E-state index in [1.807, 2.05) is 7.05 Å². The molecule has 0 radical (unpaired) electrons. The molecule has 0 unspecified atom stereocenters. The lowest BCUT2D eigenvalue weighted by molar-refractivity contribution is 0.375. The summed E-state index contributed by atoms with van der Waals surface area (Å²) in [4.78, 5) is 4.37. The average Bonchev–Trinajstić information content (AvgIpc) is 3.01. The van der Waals surface area contributed by atoms with Gasteiger partial charge in [0.15, 0.2) is 5.82 Å². The molecule has 1 saturated carbocycles. The van der Waals surface area contributed by atoms with Crippen LogP contribution in [0, 0.1) is 0 Å². The van der Waals surface area contributed by atoms with Crippen LogP contribution in [0.5, 0.6) is 0 Å². The molecule has 0 amide bonds. The highest BCUT2D eigenvalue weighted by atomic mass is 32.2. The van der Waals surface area contributed by atoms with Crippen molar-refractivity contribution in [2.75, 3.05) is 13.6 Å². The van der Waals surface area contributed by atoms with Gasteiger partial charge in [-0.15, -0.1) is 5.10 Å². The average molecular weight is 281 g/mol. The maximum Gasteiger partial charge on any atom is 0.229 e. The van der Waals surface area contributed by atoms with Gasteiger partial charge in [0.1, 0.15) is 0 Å². The third-order valence-electron chi connectivity index (χ3n) is 2.81. The Morgan fingerprint density at radius 1 is 1.47 bits per heavy atom. The van der Waals surface area contributed by atoms with Crippen LogP contribution in [0.4, 0.5) is 0 Å². The van der Waals surface area contributed by atoms with Crippen LogP contribution in [-0.2, 0) is 12.3 Å². The Bertz CT molecular complexity index is 535. The van der Waals surface area contributed by atoms with Gasteiger partial charge in [-0.2, -0.15) is 4.98 Å². The Balaban J connectivity index is 1.57. The Labute approximate surface area is 114 Å². The molecule has 2 aromatic heterocycles. The van der Waals surface area contributed by atoms with Crippen molar-refractivity contribution in [2.24, 2.45) is 0 Å². The van der Waals surface area contributed by atoms with E-state index in [-0.39, 0.29) is 0 Å². The van der Waals surface area contributed by atoms with Gasteiger partial charge in [0.25, 0.3) is 0 Å². The molecular formula is C10H15N7OS. The Hall–Kier alpha value is -1.48. The van der Waals surface area contributed by atoms with E-state index < -0.39 is 0 Å². The van der Waals surface area contributed by atoms with E-state index in [2.05, 4.69) is 31.0 Å². The zero-order valence-electron chi connectivity index (χ0n) is 10.6. The summed E-state index contributed by atoms with van der Waals surface area (Å²) in [6.07, 6.45) is 2.33. The SMILES string of the molecule is CNCCn1nnnc1SCc1noc(C2CC2)n1. The summed E-state index contributed by atoms with van der Waals surface area (Å²) in [6.45, 7) is 1.57. The topological polar surface area (TPSA) is 94.6 Å². The molecule has 0 aromatic carbocycles. The van der Waals surface area contributed by atoms with E-state index in [1.54, 1.807) is 4.68 Å². The van der Waals surface area contributed by atoms with E-state index in [9.17, 15) is 0 Å². The second-order valence-electron chi connectivity index (χ2n) is 4.40. The molecule has 8 nitrogen and oxygen atoms in total. The lowest BCUT2D eigenvalue weighted by Crippen LogP contribution is -2.16. The predicted octanol–water partition coefficient (Wildman–Crippen LogP) is 0.445. The number of likely N-dealkylation sites (N-methyl/N-ethyl adjacent to an activating group) is 1. The summed E-state index contributed by atoms with van der Waals surface area (Å²) >= 11 is 1.52. The largest absolute Gasteiger partial charge is 0.339 e. The van der Waals surface area contributed by atoms with Crippen molar-refractivity contribution in [1.82, 2.24) is 35.7 Å². The number of tetrazole rings is 1. The summed E-state index contributed by atoms with van der Waals surface area (Å²) < 4.78 is 6.98. The molecule has 0 atom stereocenters. The van der Waals surface area contributed by atoms with Crippen LogP contribution in [0.2, 0.25) is 0 Å². The molecule has 1 fully saturated rings. The first-order valence-corrected chi connectivity index (χ1v) is 7.21. The highest BCUT2D eigenvalue weighted by molar-refractivity contribution is 7.98. The first-order chi connectivity index (χ1) is 9.36. The molecule has 0 spiro atoms. The third-order valence-corrected chi connectivity index (χ3v) is 3.77. The number of nitrogens with zero attached hydrogens (tertiary/aromatic N) is 6. The minimum absolute atomic E-state index is 0.493. The Kier molecular flexibility index (Phi) is 3.74. The molecule has 2 aromatic rings. The molecule has 1 aliphatic rings. The van der Waals surface area contributed by atoms with Crippen molar-refractivity contribution in [3.63, 3.8) is 0 Å². The smallest absolute Gasteiger partial charge is 0.229 e. The lowest BCUT2D eigenvalue weighted by Gasteiger charge is -2.01. The number of hydrogen-bond donors (Lipinski definition) is 1. The molecule has 1 aliphatic carbocycles. The van der Waals surface area contributed by atoms with Crippen LogP contribution < -0.4 is 5.32 Å². The number of rotatable bonds is 7. The minimum Gasteiger partial charge on any atom is -0.339 e. The molecule has 3 rings (SSSR count). The normalized spacial score (nSPS) is 15.0. The first kappa shape index (κ1) is 12.5. The lowest BCUT2D eigenvalue weighted by atomic mass is 10.4. The van der Waals surface area contributed by atoms with Crippen molar-refractivity contribution in [2.45, 2.75) is 36.2 Å². The second-order valence-corrected chi connectivity index (χ2v) is 5.34. The van der Waals surface area contributed by atoms with Crippen LogP contribution >= 0.6 is 11.8 Å². The van der Waals surface area contributed by atoms with Gasteiger partial charge in [-0.1, -0.05) is 16.9 Å². The Morgan fingerprint density at radius 3 is 3.16 bits per heavy atom. The molecule has 19 heavy (non-hydrogen) atoms. The molecule has 0 bridgehead atoms. The highest BCUT2D eigenvalue weighted by Gasteiger charge is 2.29. The fraction of sp³-hybridized carbons (Fsp3) is 0.700. The fourth-order valence-corrected chi connectivity index (χ4v) is 2.36. The van der Waals surface area contributed by atoms with Crippen LogP contribution in [0.3, 0.4) is 0 Å². The zero-order chi connectivity index (χ0) is 13.1. The molecule has 0 saturated heterocycles. The number of hydrogen-bond acceptors (Lipinski definition) is 8. The van der Waals surface area contributed by atoms with Crippen molar-refractivity contribution < 1.29 is 4.52 Å². The minimum atomic E-state index is 0.493. The maximum absolute atomic E-state index is 5.21. The van der Waals surface area contributed by atoms with Crippen molar-refractivity contribution in [3.8, 4) is 0 Å². The summed E-state index contributed by atoms with van der Waals surface area (Å²) in [6, 6.07) is 0. The van der Waals surface area contributed by atoms with E-state index >= 15 is 0 Å². The Morgan fingerprint density at radius 2 is 2.37 bits per heavy atom. The van der Waals surface area contributed by atoms with Gasteiger partial charge >= 0.3 is 0 Å². The van der Waals surface area contributed by atoms with Crippen LogP contribution in [0.25, 0.3) is 0 Å². The highest BCUT2D eigenvalue weighted by Crippen LogP contribution is 2.39. The number of nitrogens with one attached hydrogen (secondary N) is 1. The van der Waals surface area contributed by atoms with Crippen LogP contribution in [0.15, 0.2) is 9.68 Å². The van der Waals surface area contributed by atoms with E-state index in [0.29, 0.717) is 17.5 Å². The summed E-state index contributed by atoms with van der Waals surface area (Å²) in [5, 5.41) is 19.4. The zero-order valence-corrected chi connectivity index (χ0v) is 11.4. The molecular weight excluding hydrogens is 266 g/mol. The first-order valence-electron chi connectivity index (χ1n) is 6.23. The van der Waals surface area contributed by atoms with Gasteiger partial charge in [0, 0.05) is 12.5 Å². The van der Waals surface area contributed by atoms with Crippen molar-refractivity contribution in [3.05, 3.63) is 11.7 Å².